The first-order chi connectivity index (χ1) is 6.87. The van der Waals surface area contributed by atoms with Gasteiger partial charge in [-0.3, -0.25) is 0 Å². The molecule has 0 atom stereocenters. The summed E-state index contributed by atoms with van der Waals surface area (Å²) in [6, 6.07) is 0. The number of nitrogens with one attached hydrogen (secondary N) is 1. The number of carbonyl (C=O) groups excluding carboxylic acids is 1. The van der Waals surface area contributed by atoms with E-state index in [0.29, 0.717) is 6.54 Å². The first-order valence-electron chi connectivity index (χ1n) is 5.03. The Bertz CT molecular complexity index is 193. The Balaban J connectivity index is 3.77. The third-order valence-electron chi connectivity index (χ3n) is 1.78. The highest BCUT2D eigenvalue weighted by Gasteiger charge is 2.19. The van der Waals surface area contributed by atoms with Crippen LogP contribution >= 0.6 is 0 Å². The number of amides is 1. The number of carbonyl (C=O) groups is 1. The standard InChI is InChI=1S/C10H22N2O3/c1-10(2,8-12(3)4)7-11-9(14)15-6-5-13/h13H,5-8H2,1-4H3,(H,11,14). The molecule has 90 valence electrons. The van der Waals surface area contributed by atoms with Crippen molar-refractivity contribution in [1.82, 2.24) is 10.2 Å². The second kappa shape index (κ2) is 6.63. The number of hydrogen-bond donors (Lipinski definition) is 2. The molecule has 0 radical (unpaired) electrons. The first kappa shape index (κ1) is 14.2. The van der Waals surface area contributed by atoms with E-state index in [1.54, 1.807) is 0 Å². The van der Waals surface area contributed by atoms with Crippen LogP contribution in [-0.4, -0.2) is 56.5 Å². The Morgan fingerprint density at radius 3 is 2.53 bits per heavy atom. The summed E-state index contributed by atoms with van der Waals surface area (Å²) >= 11 is 0. The lowest BCUT2D eigenvalue weighted by Crippen LogP contribution is -2.40. The molecule has 0 aromatic rings. The number of aliphatic hydroxyl groups excluding tert-OH is 1. The van der Waals surface area contributed by atoms with E-state index in [-0.39, 0.29) is 18.6 Å². The van der Waals surface area contributed by atoms with Gasteiger partial charge in [-0.05, 0) is 19.5 Å². The fourth-order valence-corrected chi connectivity index (χ4v) is 1.41. The van der Waals surface area contributed by atoms with Crippen molar-refractivity contribution in [2.75, 3.05) is 40.4 Å². The average Bonchev–Trinajstić information content (AvgIpc) is 2.09. The monoisotopic (exact) mass is 218 g/mol. The van der Waals surface area contributed by atoms with Gasteiger partial charge in [-0.25, -0.2) is 4.79 Å². The largest absolute Gasteiger partial charge is 0.447 e. The molecule has 0 aliphatic heterocycles. The van der Waals surface area contributed by atoms with Gasteiger partial charge >= 0.3 is 6.09 Å². The molecule has 0 aliphatic carbocycles. The van der Waals surface area contributed by atoms with Gasteiger partial charge < -0.3 is 20.1 Å². The van der Waals surface area contributed by atoms with Crippen LogP contribution in [0.25, 0.3) is 0 Å². The molecular formula is C10H22N2O3. The van der Waals surface area contributed by atoms with Crippen molar-refractivity contribution < 1.29 is 14.6 Å². The lowest BCUT2D eigenvalue weighted by Gasteiger charge is -2.28. The molecule has 15 heavy (non-hydrogen) atoms. The summed E-state index contributed by atoms with van der Waals surface area (Å²) in [5.74, 6) is 0. The highest BCUT2D eigenvalue weighted by Crippen LogP contribution is 2.13. The van der Waals surface area contributed by atoms with Crippen LogP contribution < -0.4 is 5.32 Å². The van der Waals surface area contributed by atoms with Crippen LogP contribution in [0.2, 0.25) is 0 Å². The van der Waals surface area contributed by atoms with Crippen molar-refractivity contribution in [2.45, 2.75) is 13.8 Å². The van der Waals surface area contributed by atoms with E-state index in [4.69, 9.17) is 5.11 Å². The van der Waals surface area contributed by atoms with Crippen molar-refractivity contribution >= 4 is 6.09 Å². The van der Waals surface area contributed by atoms with Crippen molar-refractivity contribution in [3.05, 3.63) is 0 Å². The molecule has 0 aromatic heterocycles. The molecule has 0 saturated heterocycles. The van der Waals surface area contributed by atoms with Crippen LogP contribution in [0.15, 0.2) is 0 Å². The van der Waals surface area contributed by atoms with Crippen molar-refractivity contribution in [1.29, 1.82) is 0 Å². The molecule has 0 fully saturated rings. The van der Waals surface area contributed by atoms with E-state index >= 15 is 0 Å². The SMILES string of the molecule is CN(C)CC(C)(C)CNC(=O)OCCO. The molecule has 5 heteroatoms. The van der Waals surface area contributed by atoms with Crippen LogP contribution in [0.1, 0.15) is 13.8 Å². The van der Waals surface area contributed by atoms with Gasteiger partial charge in [0.05, 0.1) is 6.61 Å². The molecule has 1 amide bonds. The normalized spacial score (nSPS) is 11.6. The zero-order valence-corrected chi connectivity index (χ0v) is 10.0. The zero-order valence-electron chi connectivity index (χ0n) is 10.0. The number of rotatable bonds is 6. The minimum Gasteiger partial charge on any atom is -0.447 e. The molecule has 0 aromatic carbocycles. The fraction of sp³-hybridized carbons (Fsp3) is 0.900. The van der Waals surface area contributed by atoms with Gasteiger partial charge in [0.25, 0.3) is 0 Å². The van der Waals surface area contributed by atoms with Gasteiger partial charge in [0.15, 0.2) is 0 Å². The van der Waals surface area contributed by atoms with Gasteiger partial charge in [-0.2, -0.15) is 0 Å². The average molecular weight is 218 g/mol. The van der Waals surface area contributed by atoms with E-state index in [1.165, 1.54) is 0 Å². The summed E-state index contributed by atoms with van der Waals surface area (Å²) in [5.41, 5.74) is 0.00172. The third-order valence-corrected chi connectivity index (χ3v) is 1.78. The van der Waals surface area contributed by atoms with Crippen molar-refractivity contribution in [2.24, 2.45) is 5.41 Å². The van der Waals surface area contributed by atoms with Gasteiger partial charge in [0, 0.05) is 13.1 Å². The molecule has 0 heterocycles. The van der Waals surface area contributed by atoms with Crippen LogP contribution in [0, 0.1) is 5.41 Å². The number of nitrogens with zero attached hydrogens (tertiary/aromatic N) is 1. The molecule has 0 aliphatic rings. The van der Waals surface area contributed by atoms with Crippen LogP contribution in [0.4, 0.5) is 4.79 Å². The predicted octanol–water partition coefficient (Wildman–Crippen LogP) is 0.293. The van der Waals surface area contributed by atoms with Crippen molar-refractivity contribution in [3.63, 3.8) is 0 Å². The lowest BCUT2D eigenvalue weighted by atomic mass is 9.93. The van der Waals surface area contributed by atoms with Gasteiger partial charge in [-0.1, -0.05) is 13.8 Å². The molecule has 0 unspecified atom stereocenters. The number of aliphatic hydroxyl groups is 1. The Morgan fingerprint density at radius 2 is 2.07 bits per heavy atom. The number of alkyl carbamates (subject to hydrolysis) is 1. The van der Waals surface area contributed by atoms with Gasteiger partial charge in [0.2, 0.25) is 0 Å². The smallest absolute Gasteiger partial charge is 0.407 e. The summed E-state index contributed by atoms with van der Waals surface area (Å²) in [6.45, 7) is 5.47. The quantitative estimate of drug-likeness (QED) is 0.673. The Labute approximate surface area is 91.4 Å². The third kappa shape index (κ3) is 8.20. The van der Waals surface area contributed by atoms with Crippen molar-refractivity contribution in [3.8, 4) is 0 Å². The summed E-state index contributed by atoms with van der Waals surface area (Å²) in [4.78, 5) is 13.1. The molecule has 0 rings (SSSR count). The number of hydrogen-bond acceptors (Lipinski definition) is 4. The predicted molar refractivity (Wildman–Crippen MR) is 58.8 cm³/mol. The summed E-state index contributed by atoms with van der Waals surface area (Å²) in [5, 5.41) is 11.1. The Kier molecular flexibility index (Phi) is 6.27. The zero-order chi connectivity index (χ0) is 11.9. The summed E-state index contributed by atoms with van der Waals surface area (Å²) < 4.78 is 4.68. The number of ether oxygens (including phenoxy) is 1. The van der Waals surface area contributed by atoms with E-state index in [0.717, 1.165) is 6.54 Å². The maximum absolute atomic E-state index is 11.1. The lowest BCUT2D eigenvalue weighted by molar-refractivity contribution is 0.114. The minimum absolute atomic E-state index is 0.00172. The first-order valence-corrected chi connectivity index (χ1v) is 5.03. The van der Waals surface area contributed by atoms with E-state index in [1.807, 2.05) is 14.1 Å². The van der Waals surface area contributed by atoms with Gasteiger partial charge in [0.1, 0.15) is 6.61 Å². The maximum Gasteiger partial charge on any atom is 0.407 e. The highest BCUT2D eigenvalue weighted by atomic mass is 16.6. The second-order valence-corrected chi connectivity index (χ2v) is 4.62. The molecule has 0 spiro atoms. The van der Waals surface area contributed by atoms with Crippen LogP contribution in [-0.2, 0) is 4.74 Å². The summed E-state index contributed by atoms with van der Waals surface area (Å²) in [7, 11) is 3.98. The van der Waals surface area contributed by atoms with E-state index in [2.05, 4.69) is 28.8 Å². The minimum atomic E-state index is -0.476. The molecular weight excluding hydrogens is 196 g/mol. The molecule has 0 saturated carbocycles. The van der Waals surface area contributed by atoms with Crippen LogP contribution in [0.3, 0.4) is 0 Å². The Morgan fingerprint density at radius 1 is 1.47 bits per heavy atom. The molecule has 2 N–H and O–H groups in total. The highest BCUT2D eigenvalue weighted by molar-refractivity contribution is 5.67. The molecule has 5 nitrogen and oxygen atoms in total. The van der Waals surface area contributed by atoms with Crippen LogP contribution in [0.5, 0.6) is 0 Å². The van der Waals surface area contributed by atoms with E-state index < -0.39 is 6.09 Å². The van der Waals surface area contributed by atoms with Gasteiger partial charge in [-0.15, -0.1) is 0 Å². The fourth-order valence-electron chi connectivity index (χ4n) is 1.41. The topological polar surface area (TPSA) is 61.8 Å². The second-order valence-electron chi connectivity index (χ2n) is 4.62. The summed E-state index contributed by atoms with van der Waals surface area (Å²) in [6.07, 6.45) is -0.476. The maximum atomic E-state index is 11.1. The molecule has 0 bridgehead atoms. The Hall–Kier alpha value is -0.810. The van der Waals surface area contributed by atoms with E-state index in [9.17, 15) is 4.79 Å².